The summed E-state index contributed by atoms with van der Waals surface area (Å²) in [5.74, 6) is 0. The van der Waals surface area contributed by atoms with Crippen molar-refractivity contribution < 1.29 is 29.3 Å². The van der Waals surface area contributed by atoms with Gasteiger partial charge in [-0.15, -0.1) is 0 Å². The van der Waals surface area contributed by atoms with Crippen molar-refractivity contribution in [1.29, 1.82) is 0 Å². The van der Waals surface area contributed by atoms with Crippen LogP contribution in [0.2, 0.25) is 0 Å². The second-order valence-corrected chi connectivity index (χ2v) is 12.5. The quantitative estimate of drug-likeness (QED) is 0.0421. The van der Waals surface area contributed by atoms with Gasteiger partial charge in [-0.1, -0.05) is 185 Å². The van der Waals surface area contributed by atoms with Crippen molar-refractivity contribution in [1.82, 2.24) is 0 Å². The lowest BCUT2D eigenvalue weighted by Gasteiger charge is -2.16. The Morgan fingerprint density at radius 3 is 1.25 bits per heavy atom. The van der Waals surface area contributed by atoms with Crippen LogP contribution in [0.25, 0.3) is 0 Å². The van der Waals surface area contributed by atoms with Gasteiger partial charge < -0.3 is 0 Å². The van der Waals surface area contributed by atoms with Gasteiger partial charge in [0.05, 0.1) is 13.2 Å². The second-order valence-electron chi connectivity index (χ2n) is 12.5. The van der Waals surface area contributed by atoms with Gasteiger partial charge in [-0.05, 0) is 18.4 Å². The van der Waals surface area contributed by atoms with E-state index in [-0.39, 0.29) is 13.2 Å². The Balaban J connectivity index is 2.05. The molecular formula is C38H70O6. The van der Waals surface area contributed by atoms with E-state index in [1.807, 2.05) is 30.3 Å². The minimum atomic E-state index is -0.426. The number of hydrogen-bond donors (Lipinski definition) is 0. The third-order valence-electron chi connectivity index (χ3n) is 8.11. The molecule has 0 N–H and O–H groups in total. The van der Waals surface area contributed by atoms with Gasteiger partial charge in [0.2, 0.25) is 0 Å². The third kappa shape index (κ3) is 29.7. The van der Waals surface area contributed by atoms with E-state index in [2.05, 4.69) is 13.8 Å². The first-order valence-corrected chi connectivity index (χ1v) is 18.7. The van der Waals surface area contributed by atoms with Crippen LogP contribution in [0.15, 0.2) is 30.3 Å². The molecular weight excluding hydrogens is 552 g/mol. The SMILES string of the molecule is CCCCCCCCCCCCCCOOCC(COOCc1ccccc1)OOCCCCCCCCCCCCCC. The standard InChI is InChI=1S/C38H70O6/c1-3-5-7-9-11-13-15-17-19-21-23-28-32-39-42-35-38(36-43-41-34-37-30-26-25-27-31-37)44-40-33-29-24-22-20-18-16-14-12-10-8-6-4-2/h25-27,30-31,38H,3-24,28-29,32-36H2,1-2H3. The number of benzene rings is 1. The van der Waals surface area contributed by atoms with Crippen LogP contribution in [0.5, 0.6) is 0 Å². The van der Waals surface area contributed by atoms with Crippen LogP contribution in [-0.2, 0) is 35.9 Å². The van der Waals surface area contributed by atoms with Gasteiger partial charge in [0.15, 0.2) is 0 Å². The summed E-state index contributed by atoms with van der Waals surface area (Å²) in [6.07, 6.45) is 31.2. The Hall–Kier alpha value is -1.02. The summed E-state index contributed by atoms with van der Waals surface area (Å²) in [5.41, 5.74) is 1.05. The molecule has 0 aliphatic carbocycles. The summed E-state index contributed by atoms with van der Waals surface area (Å²) in [7, 11) is 0. The van der Waals surface area contributed by atoms with Crippen molar-refractivity contribution in [2.24, 2.45) is 0 Å². The molecule has 1 unspecified atom stereocenters. The highest BCUT2D eigenvalue weighted by molar-refractivity contribution is 5.13. The molecule has 6 heteroatoms. The molecule has 0 fully saturated rings. The number of rotatable bonds is 36. The summed E-state index contributed by atoms with van der Waals surface area (Å²) in [6, 6.07) is 9.95. The Morgan fingerprint density at radius 2 is 0.795 bits per heavy atom. The van der Waals surface area contributed by atoms with E-state index in [0.717, 1.165) is 18.4 Å². The molecule has 0 amide bonds. The van der Waals surface area contributed by atoms with Crippen LogP contribution in [0, 0.1) is 0 Å². The highest BCUT2D eigenvalue weighted by atomic mass is 17.2. The minimum Gasteiger partial charge on any atom is -0.237 e. The zero-order valence-electron chi connectivity index (χ0n) is 28.9. The van der Waals surface area contributed by atoms with Crippen LogP contribution in [0.4, 0.5) is 0 Å². The van der Waals surface area contributed by atoms with Gasteiger partial charge in [0.25, 0.3) is 0 Å². The Bertz CT molecular complexity index is 658. The van der Waals surface area contributed by atoms with Crippen molar-refractivity contribution in [2.45, 2.75) is 181 Å². The predicted octanol–water partition coefficient (Wildman–Crippen LogP) is 11.8. The molecule has 0 aliphatic rings. The fraction of sp³-hybridized carbons (Fsp3) is 0.842. The first-order valence-electron chi connectivity index (χ1n) is 18.7. The fourth-order valence-electron chi connectivity index (χ4n) is 5.24. The monoisotopic (exact) mass is 623 g/mol. The smallest absolute Gasteiger partial charge is 0.146 e. The lowest BCUT2D eigenvalue weighted by Crippen LogP contribution is -2.26. The summed E-state index contributed by atoms with van der Waals surface area (Å²) in [4.78, 5) is 32.7. The molecule has 0 aromatic heterocycles. The third-order valence-corrected chi connectivity index (χ3v) is 8.11. The van der Waals surface area contributed by atoms with Crippen LogP contribution >= 0.6 is 0 Å². The highest BCUT2D eigenvalue weighted by Gasteiger charge is 2.13. The summed E-state index contributed by atoms with van der Waals surface area (Å²) >= 11 is 0. The zero-order valence-corrected chi connectivity index (χ0v) is 28.9. The zero-order chi connectivity index (χ0) is 31.4. The summed E-state index contributed by atoms with van der Waals surface area (Å²) in [5, 5.41) is 0. The van der Waals surface area contributed by atoms with Crippen molar-refractivity contribution in [3.8, 4) is 0 Å². The average Bonchev–Trinajstić information content (AvgIpc) is 3.05. The number of hydrogen-bond acceptors (Lipinski definition) is 6. The number of unbranched alkanes of at least 4 members (excludes halogenated alkanes) is 22. The maximum Gasteiger partial charge on any atom is 0.146 e. The van der Waals surface area contributed by atoms with Crippen molar-refractivity contribution in [3.63, 3.8) is 0 Å². The van der Waals surface area contributed by atoms with E-state index in [1.54, 1.807) is 0 Å². The molecule has 0 saturated carbocycles. The van der Waals surface area contributed by atoms with Gasteiger partial charge in [-0.3, -0.25) is 0 Å². The maximum atomic E-state index is 5.60. The molecule has 1 rings (SSSR count). The maximum absolute atomic E-state index is 5.60. The van der Waals surface area contributed by atoms with E-state index in [9.17, 15) is 0 Å². The van der Waals surface area contributed by atoms with Gasteiger partial charge in [-0.2, -0.15) is 0 Å². The molecule has 1 atom stereocenters. The minimum absolute atomic E-state index is 0.202. The van der Waals surface area contributed by atoms with Crippen LogP contribution < -0.4 is 0 Å². The molecule has 0 spiro atoms. The molecule has 0 bridgehead atoms. The normalized spacial score (nSPS) is 12.2. The highest BCUT2D eigenvalue weighted by Crippen LogP contribution is 2.13. The lowest BCUT2D eigenvalue weighted by atomic mass is 10.1. The van der Waals surface area contributed by atoms with Crippen molar-refractivity contribution >= 4 is 0 Å². The van der Waals surface area contributed by atoms with Crippen LogP contribution in [-0.4, -0.2) is 32.5 Å². The van der Waals surface area contributed by atoms with E-state index in [1.165, 1.54) is 141 Å². The Morgan fingerprint density at radius 1 is 0.409 bits per heavy atom. The molecule has 1 aromatic carbocycles. The average molecular weight is 623 g/mol. The van der Waals surface area contributed by atoms with Gasteiger partial charge >= 0.3 is 0 Å². The first-order chi connectivity index (χ1) is 21.9. The Kier molecular flexibility index (Phi) is 32.5. The fourth-order valence-corrected chi connectivity index (χ4v) is 5.24. The van der Waals surface area contributed by atoms with Gasteiger partial charge in [0.1, 0.15) is 25.9 Å². The first kappa shape index (κ1) is 41.0. The molecule has 0 heterocycles. The van der Waals surface area contributed by atoms with Gasteiger partial charge in [0, 0.05) is 0 Å². The van der Waals surface area contributed by atoms with E-state index >= 15 is 0 Å². The lowest BCUT2D eigenvalue weighted by molar-refractivity contribution is -0.395. The summed E-state index contributed by atoms with van der Waals surface area (Å²) in [6.45, 7) is 6.52. The largest absolute Gasteiger partial charge is 0.237 e. The predicted molar refractivity (Wildman–Crippen MR) is 182 cm³/mol. The van der Waals surface area contributed by atoms with Crippen molar-refractivity contribution in [3.05, 3.63) is 35.9 Å². The molecule has 0 radical (unpaired) electrons. The van der Waals surface area contributed by atoms with Crippen LogP contribution in [0.3, 0.4) is 0 Å². The molecule has 0 saturated heterocycles. The molecule has 1 aromatic rings. The summed E-state index contributed by atoms with van der Waals surface area (Å²) < 4.78 is 0. The molecule has 44 heavy (non-hydrogen) atoms. The Labute approximate surface area is 272 Å². The van der Waals surface area contributed by atoms with E-state index < -0.39 is 6.10 Å². The second kappa shape index (κ2) is 34.8. The molecule has 6 nitrogen and oxygen atoms in total. The van der Waals surface area contributed by atoms with E-state index in [4.69, 9.17) is 29.3 Å². The van der Waals surface area contributed by atoms with E-state index in [0.29, 0.717) is 19.8 Å². The van der Waals surface area contributed by atoms with Crippen molar-refractivity contribution in [2.75, 3.05) is 26.4 Å². The van der Waals surface area contributed by atoms with Gasteiger partial charge in [-0.25, -0.2) is 29.3 Å². The molecule has 258 valence electrons. The topological polar surface area (TPSA) is 55.4 Å². The molecule has 0 aliphatic heterocycles. The van der Waals surface area contributed by atoms with Crippen LogP contribution in [0.1, 0.15) is 174 Å².